The minimum atomic E-state index is 0.157. The maximum absolute atomic E-state index is 4.40. The van der Waals surface area contributed by atoms with Crippen LogP contribution in [-0.4, -0.2) is 16.7 Å². The van der Waals surface area contributed by atoms with E-state index in [1.54, 1.807) is 11.3 Å². The molecule has 0 amide bonds. The van der Waals surface area contributed by atoms with Gasteiger partial charge < -0.3 is 5.32 Å². The highest BCUT2D eigenvalue weighted by atomic mass is 32.1. The van der Waals surface area contributed by atoms with Gasteiger partial charge in [0.05, 0.1) is 6.04 Å². The third kappa shape index (κ3) is 3.87. The predicted molar refractivity (Wildman–Crippen MR) is 85.0 cm³/mol. The number of hydrogen-bond acceptors (Lipinski definition) is 4. The van der Waals surface area contributed by atoms with E-state index < -0.39 is 0 Å². The van der Waals surface area contributed by atoms with Gasteiger partial charge in [-0.15, -0.1) is 10.2 Å². The fourth-order valence-corrected chi connectivity index (χ4v) is 3.22. The molecule has 2 aromatic rings. The Labute approximate surface area is 125 Å². The van der Waals surface area contributed by atoms with Gasteiger partial charge in [0.15, 0.2) is 0 Å². The summed E-state index contributed by atoms with van der Waals surface area (Å²) in [5, 5.41) is 14.5. The van der Waals surface area contributed by atoms with Crippen LogP contribution in [0.4, 0.5) is 0 Å². The van der Waals surface area contributed by atoms with Crippen molar-refractivity contribution in [3.8, 4) is 0 Å². The molecule has 1 aromatic heterocycles. The summed E-state index contributed by atoms with van der Waals surface area (Å²) in [5.74, 6) is 0.671. The lowest BCUT2D eigenvalue weighted by Gasteiger charge is -2.14. The monoisotopic (exact) mass is 289 g/mol. The molecule has 20 heavy (non-hydrogen) atoms. The average Bonchev–Trinajstić information content (AvgIpc) is 2.93. The van der Waals surface area contributed by atoms with E-state index >= 15 is 0 Å². The molecule has 0 aliphatic heterocycles. The Balaban J connectivity index is 2.18. The molecule has 0 aliphatic carbocycles. The Morgan fingerprint density at radius 3 is 2.55 bits per heavy atom. The highest BCUT2D eigenvalue weighted by Crippen LogP contribution is 2.26. The van der Waals surface area contributed by atoms with Gasteiger partial charge in [-0.3, -0.25) is 0 Å². The largest absolute Gasteiger partial charge is 0.304 e. The predicted octanol–water partition coefficient (Wildman–Crippen LogP) is 3.83. The molecule has 0 radical (unpaired) electrons. The zero-order chi connectivity index (χ0) is 14.4. The summed E-state index contributed by atoms with van der Waals surface area (Å²) in [6.45, 7) is 7.52. The Morgan fingerprint density at radius 2 is 1.90 bits per heavy atom. The van der Waals surface area contributed by atoms with Crippen LogP contribution >= 0.6 is 11.3 Å². The van der Waals surface area contributed by atoms with Gasteiger partial charge in [-0.2, -0.15) is 0 Å². The van der Waals surface area contributed by atoms with E-state index in [1.807, 2.05) is 6.07 Å². The molecule has 1 N–H and O–H groups in total. The first-order valence-electron chi connectivity index (χ1n) is 7.35. The van der Waals surface area contributed by atoms with Crippen LogP contribution in [0.15, 0.2) is 30.3 Å². The summed E-state index contributed by atoms with van der Waals surface area (Å²) >= 11 is 1.73. The highest BCUT2D eigenvalue weighted by molar-refractivity contribution is 7.11. The number of aromatic nitrogens is 2. The van der Waals surface area contributed by atoms with E-state index in [9.17, 15) is 0 Å². The fourth-order valence-electron chi connectivity index (χ4n) is 2.11. The molecule has 2 rings (SSSR count). The van der Waals surface area contributed by atoms with Crippen molar-refractivity contribution in [3.05, 3.63) is 45.9 Å². The summed E-state index contributed by atoms with van der Waals surface area (Å²) in [6.07, 6.45) is 2.21. The third-order valence-electron chi connectivity index (χ3n) is 3.49. The highest BCUT2D eigenvalue weighted by Gasteiger charge is 2.18. The summed E-state index contributed by atoms with van der Waals surface area (Å²) in [7, 11) is 0. The molecule has 108 valence electrons. The van der Waals surface area contributed by atoms with Gasteiger partial charge >= 0.3 is 0 Å². The van der Waals surface area contributed by atoms with E-state index in [4.69, 9.17) is 0 Å². The van der Waals surface area contributed by atoms with Crippen molar-refractivity contribution >= 4 is 11.3 Å². The molecule has 3 nitrogen and oxygen atoms in total. The second-order valence-corrected chi connectivity index (χ2v) is 6.25. The zero-order valence-corrected chi connectivity index (χ0v) is 13.3. The van der Waals surface area contributed by atoms with Crippen LogP contribution in [0.3, 0.4) is 0 Å². The summed E-state index contributed by atoms with van der Waals surface area (Å²) in [5.41, 5.74) is 1.25. The molecular formula is C16H23N3S. The number of hydrogen-bond donors (Lipinski definition) is 1. The van der Waals surface area contributed by atoms with Gasteiger partial charge in [-0.1, -0.05) is 68.9 Å². The fraction of sp³-hybridized carbons (Fsp3) is 0.500. The Bertz CT molecular complexity index is 509. The number of benzene rings is 1. The first-order chi connectivity index (χ1) is 9.74. The summed E-state index contributed by atoms with van der Waals surface area (Å²) in [6, 6.07) is 10.6. The van der Waals surface area contributed by atoms with Crippen LogP contribution < -0.4 is 5.32 Å². The molecule has 0 saturated heterocycles. The van der Waals surface area contributed by atoms with E-state index in [0.29, 0.717) is 5.92 Å². The number of nitrogens with one attached hydrogen (secondary N) is 1. The first-order valence-corrected chi connectivity index (χ1v) is 8.16. The van der Waals surface area contributed by atoms with Gasteiger partial charge in [-0.05, 0) is 18.0 Å². The summed E-state index contributed by atoms with van der Waals surface area (Å²) < 4.78 is 0. The van der Waals surface area contributed by atoms with Crippen LogP contribution in [-0.2, 0) is 6.42 Å². The lowest BCUT2D eigenvalue weighted by atomic mass is 10.1. The van der Waals surface area contributed by atoms with Crippen molar-refractivity contribution < 1.29 is 0 Å². The van der Waals surface area contributed by atoms with Crippen LogP contribution in [0.25, 0.3) is 0 Å². The van der Waals surface area contributed by atoms with Crippen LogP contribution in [0.1, 0.15) is 48.8 Å². The molecule has 2 unspecified atom stereocenters. The second-order valence-electron chi connectivity index (χ2n) is 5.15. The van der Waals surface area contributed by atoms with Crippen LogP contribution in [0.5, 0.6) is 0 Å². The first kappa shape index (κ1) is 15.1. The average molecular weight is 289 g/mol. The maximum Gasteiger partial charge on any atom is 0.139 e. The van der Waals surface area contributed by atoms with Gasteiger partial charge in [0, 0.05) is 6.42 Å². The Morgan fingerprint density at radius 1 is 1.15 bits per heavy atom. The van der Waals surface area contributed by atoms with Crippen molar-refractivity contribution in [2.45, 2.75) is 39.7 Å². The second kappa shape index (κ2) is 7.50. The number of nitrogens with zero attached hydrogens (tertiary/aromatic N) is 2. The molecule has 1 heterocycles. The van der Waals surface area contributed by atoms with Gasteiger partial charge in [0.2, 0.25) is 0 Å². The van der Waals surface area contributed by atoms with Crippen molar-refractivity contribution in [2.75, 3.05) is 6.54 Å². The Kier molecular flexibility index (Phi) is 5.68. The van der Waals surface area contributed by atoms with Gasteiger partial charge in [-0.25, -0.2) is 0 Å². The van der Waals surface area contributed by atoms with E-state index in [1.165, 1.54) is 12.0 Å². The topological polar surface area (TPSA) is 37.8 Å². The van der Waals surface area contributed by atoms with E-state index in [2.05, 4.69) is 60.6 Å². The molecule has 0 fully saturated rings. The smallest absolute Gasteiger partial charge is 0.139 e. The van der Waals surface area contributed by atoms with Gasteiger partial charge in [0.25, 0.3) is 0 Å². The van der Waals surface area contributed by atoms with Crippen LogP contribution in [0.2, 0.25) is 0 Å². The van der Waals surface area contributed by atoms with Crippen molar-refractivity contribution in [1.29, 1.82) is 0 Å². The quantitative estimate of drug-likeness (QED) is 0.842. The lowest BCUT2D eigenvalue weighted by molar-refractivity contribution is 0.555. The molecule has 2 atom stereocenters. The van der Waals surface area contributed by atoms with Gasteiger partial charge in [0.1, 0.15) is 10.0 Å². The SMILES string of the molecule is CCNC(c1ccccc1)c1nnc(CC(C)CC)s1. The molecule has 0 bridgehead atoms. The molecule has 4 heteroatoms. The maximum atomic E-state index is 4.40. The molecule has 0 saturated carbocycles. The minimum Gasteiger partial charge on any atom is -0.304 e. The van der Waals surface area contributed by atoms with Crippen LogP contribution in [0, 0.1) is 5.92 Å². The number of rotatable bonds is 7. The molecule has 0 aliphatic rings. The summed E-state index contributed by atoms with van der Waals surface area (Å²) in [4.78, 5) is 0. The van der Waals surface area contributed by atoms with Crippen molar-refractivity contribution in [1.82, 2.24) is 15.5 Å². The van der Waals surface area contributed by atoms with E-state index in [-0.39, 0.29) is 6.04 Å². The zero-order valence-electron chi connectivity index (χ0n) is 12.5. The molecular weight excluding hydrogens is 266 g/mol. The minimum absolute atomic E-state index is 0.157. The third-order valence-corrected chi connectivity index (χ3v) is 4.50. The normalized spacial score (nSPS) is 14.2. The molecule has 0 spiro atoms. The Hall–Kier alpha value is -1.26. The van der Waals surface area contributed by atoms with E-state index in [0.717, 1.165) is 23.0 Å². The standard InChI is InChI=1S/C16H23N3S/c1-4-12(3)11-14-18-19-16(20-14)15(17-5-2)13-9-7-6-8-10-13/h6-10,12,15,17H,4-5,11H2,1-3H3. The lowest BCUT2D eigenvalue weighted by Crippen LogP contribution is -2.21. The molecule has 1 aromatic carbocycles. The van der Waals surface area contributed by atoms with Crippen molar-refractivity contribution in [3.63, 3.8) is 0 Å². The van der Waals surface area contributed by atoms with Crippen molar-refractivity contribution in [2.24, 2.45) is 5.92 Å².